The van der Waals surface area contributed by atoms with Crippen molar-refractivity contribution in [1.29, 1.82) is 0 Å². The molecule has 72 valence electrons. The number of hydrogen-bond acceptors (Lipinski definition) is 2. The molecule has 0 atom stereocenters. The third kappa shape index (κ3) is 1.37. The first-order chi connectivity index (χ1) is 6.83. The summed E-state index contributed by atoms with van der Waals surface area (Å²) in [5.74, 6) is -0.0898. The zero-order chi connectivity index (χ0) is 9.97. The Labute approximate surface area is 82.1 Å². The summed E-state index contributed by atoms with van der Waals surface area (Å²) in [6, 6.07) is 5.74. The second-order valence-corrected chi connectivity index (χ2v) is 3.04. The number of rotatable bonds is 2. The number of nitrogens with one attached hydrogen (secondary N) is 1. The van der Waals surface area contributed by atoms with Gasteiger partial charge in [0.2, 0.25) is 0 Å². The van der Waals surface area contributed by atoms with E-state index in [1.54, 1.807) is 6.26 Å². The van der Waals surface area contributed by atoms with Crippen molar-refractivity contribution in [1.82, 2.24) is 5.32 Å². The van der Waals surface area contributed by atoms with Crippen LogP contribution in [0.2, 0.25) is 0 Å². The molecule has 0 spiro atoms. The maximum atomic E-state index is 11.6. The van der Waals surface area contributed by atoms with Gasteiger partial charge in [-0.05, 0) is 6.92 Å². The molecule has 0 fully saturated rings. The first-order valence-electron chi connectivity index (χ1n) is 4.56. The van der Waals surface area contributed by atoms with Crippen LogP contribution in [0.25, 0.3) is 11.1 Å². The van der Waals surface area contributed by atoms with Gasteiger partial charge >= 0.3 is 0 Å². The SMILES string of the molecule is CCNC(=O)c1cocc2cccc1-2. The zero-order valence-corrected chi connectivity index (χ0v) is 7.91. The van der Waals surface area contributed by atoms with Gasteiger partial charge in [-0.25, -0.2) is 0 Å². The lowest BCUT2D eigenvalue weighted by Crippen LogP contribution is -2.23. The molecule has 0 saturated carbocycles. The summed E-state index contributed by atoms with van der Waals surface area (Å²) in [5.41, 5.74) is 2.48. The normalized spacial score (nSPS) is 10.4. The minimum Gasteiger partial charge on any atom is -0.471 e. The van der Waals surface area contributed by atoms with E-state index in [0.717, 1.165) is 11.1 Å². The predicted molar refractivity (Wildman–Crippen MR) is 53.3 cm³/mol. The Morgan fingerprint density at radius 3 is 3.07 bits per heavy atom. The molecule has 2 aliphatic rings. The summed E-state index contributed by atoms with van der Waals surface area (Å²) in [4.78, 5) is 11.6. The van der Waals surface area contributed by atoms with Crippen LogP contribution in [0, 0.1) is 0 Å². The van der Waals surface area contributed by atoms with Gasteiger partial charge in [0, 0.05) is 17.7 Å². The molecular weight excluding hydrogens is 178 g/mol. The summed E-state index contributed by atoms with van der Waals surface area (Å²) >= 11 is 0. The highest BCUT2D eigenvalue weighted by molar-refractivity contribution is 6.00. The number of fused-ring (bicyclic) bond motifs is 1. The van der Waals surface area contributed by atoms with Gasteiger partial charge in [0.25, 0.3) is 5.91 Å². The summed E-state index contributed by atoms with van der Waals surface area (Å²) in [5, 5.41) is 2.74. The van der Waals surface area contributed by atoms with Crippen molar-refractivity contribution >= 4 is 5.91 Å². The van der Waals surface area contributed by atoms with Crippen molar-refractivity contribution in [3.63, 3.8) is 0 Å². The molecule has 3 nitrogen and oxygen atoms in total. The third-order valence-electron chi connectivity index (χ3n) is 2.10. The number of amides is 1. The molecule has 1 heterocycles. The van der Waals surface area contributed by atoms with E-state index in [0.29, 0.717) is 12.1 Å². The quantitative estimate of drug-likeness (QED) is 0.786. The van der Waals surface area contributed by atoms with E-state index in [9.17, 15) is 4.79 Å². The molecule has 0 aromatic carbocycles. The monoisotopic (exact) mass is 189 g/mol. The fourth-order valence-corrected chi connectivity index (χ4v) is 1.45. The van der Waals surface area contributed by atoms with Crippen LogP contribution >= 0.6 is 0 Å². The first-order valence-corrected chi connectivity index (χ1v) is 4.56. The van der Waals surface area contributed by atoms with Crippen LogP contribution in [0.4, 0.5) is 0 Å². The fourth-order valence-electron chi connectivity index (χ4n) is 1.45. The Balaban J connectivity index is 2.43. The molecule has 2 rings (SSSR count). The Kier molecular flexibility index (Phi) is 2.23. The van der Waals surface area contributed by atoms with Crippen molar-refractivity contribution in [2.75, 3.05) is 6.54 Å². The minimum atomic E-state index is -0.0898. The topological polar surface area (TPSA) is 42.2 Å². The molecule has 1 aliphatic carbocycles. The zero-order valence-electron chi connectivity index (χ0n) is 7.91. The second kappa shape index (κ2) is 3.54. The Morgan fingerprint density at radius 1 is 1.43 bits per heavy atom. The number of carbonyl (C=O) groups excluding carboxylic acids is 1. The lowest BCUT2D eigenvalue weighted by atomic mass is 10.1. The third-order valence-corrected chi connectivity index (χ3v) is 2.10. The van der Waals surface area contributed by atoms with E-state index >= 15 is 0 Å². The maximum absolute atomic E-state index is 11.6. The van der Waals surface area contributed by atoms with Gasteiger partial charge in [-0.1, -0.05) is 18.2 Å². The smallest absolute Gasteiger partial charge is 0.255 e. The van der Waals surface area contributed by atoms with Gasteiger partial charge in [-0.3, -0.25) is 4.79 Å². The van der Waals surface area contributed by atoms with Crippen LogP contribution in [0.1, 0.15) is 17.3 Å². The molecule has 0 aromatic rings. The molecule has 14 heavy (non-hydrogen) atoms. The van der Waals surface area contributed by atoms with Gasteiger partial charge in [-0.2, -0.15) is 0 Å². The minimum absolute atomic E-state index is 0.0898. The average molecular weight is 189 g/mol. The molecule has 3 heteroatoms. The average Bonchev–Trinajstić information content (AvgIpc) is 2.65. The van der Waals surface area contributed by atoms with Crippen LogP contribution in [0.3, 0.4) is 0 Å². The Morgan fingerprint density at radius 2 is 2.29 bits per heavy atom. The number of hydrogen-bond donors (Lipinski definition) is 1. The Bertz CT molecular complexity index is 419. The highest BCUT2D eigenvalue weighted by Gasteiger charge is 2.14. The molecule has 1 aliphatic heterocycles. The summed E-state index contributed by atoms with van der Waals surface area (Å²) in [7, 11) is 0. The highest BCUT2D eigenvalue weighted by Crippen LogP contribution is 2.26. The van der Waals surface area contributed by atoms with Gasteiger partial charge in [-0.15, -0.1) is 0 Å². The molecule has 0 radical (unpaired) electrons. The van der Waals surface area contributed by atoms with Gasteiger partial charge in [0.05, 0.1) is 11.8 Å². The fraction of sp³-hybridized carbons (Fsp3) is 0.182. The van der Waals surface area contributed by atoms with Gasteiger partial charge < -0.3 is 9.73 Å². The van der Waals surface area contributed by atoms with E-state index in [1.807, 2.05) is 25.1 Å². The van der Waals surface area contributed by atoms with E-state index < -0.39 is 0 Å². The summed E-state index contributed by atoms with van der Waals surface area (Å²) in [6.07, 6.45) is 3.12. The lowest BCUT2D eigenvalue weighted by Gasteiger charge is -2.06. The van der Waals surface area contributed by atoms with Gasteiger partial charge in [0.1, 0.15) is 6.26 Å². The second-order valence-electron chi connectivity index (χ2n) is 3.04. The standard InChI is InChI=1S/C11H11NO2/c1-2-12-11(13)10-7-14-6-8-4-3-5-9(8)10/h3-7H,2H2,1H3,(H,12,13). The molecule has 0 bridgehead atoms. The van der Waals surface area contributed by atoms with Crippen molar-refractivity contribution < 1.29 is 9.21 Å². The van der Waals surface area contributed by atoms with Crippen LogP contribution in [0.15, 0.2) is 35.1 Å². The lowest BCUT2D eigenvalue weighted by molar-refractivity contribution is 0.0954. The van der Waals surface area contributed by atoms with E-state index in [-0.39, 0.29) is 5.91 Å². The van der Waals surface area contributed by atoms with Crippen molar-refractivity contribution in [3.05, 3.63) is 36.3 Å². The largest absolute Gasteiger partial charge is 0.471 e. The van der Waals surface area contributed by atoms with Gasteiger partial charge in [0.15, 0.2) is 0 Å². The van der Waals surface area contributed by atoms with E-state index in [2.05, 4.69) is 5.32 Å². The van der Waals surface area contributed by atoms with Crippen molar-refractivity contribution in [3.8, 4) is 11.1 Å². The summed E-state index contributed by atoms with van der Waals surface area (Å²) < 4.78 is 5.09. The van der Waals surface area contributed by atoms with Crippen molar-refractivity contribution in [2.45, 2.75) is 6.92 Å². The molecule has 0 aromatic heterocycles. The number of carbonyl (C=O) groups is 1. The molecule has 0 saturated heterocycles. The predicted octanol–water partition coefficient (Wildman–Crippen LogP) is 2.13. The van der Waals surface area contributed by atoms with Crippen LogP contribution in [-0.2, 0) is 0 Å². The maximum Gasteiger partial charge on any atom is 0.255 e. The molecular formula is C11H11NO2. The highest BCUT2D eigenvalue weighted by atomic mass is 16.3. The van der Waals surface area contributed by atoms with Crippen LogP contribution < -0.4 is 5.32 Å². The summed E-state index contributed by atoms with van der Waals surface area (Å²) in [6.45, 7) is 2.51. The molecule has 0 unspecified atom stereocenters. The van der Waals surface area contributed by atoms with Crippen LogP contribution in [0.5, 0.6) is 0 Å². The van der Waals surface area contributed by atoms with E-state index in [1.165, 1.54) is 6.26 Å². The molecule has 1 amide bonds. The van der Waals surface area contributed by atoms with E-state index in [4.69, 9.17) is 4.42 Å². The first kappa shape index (κ1) is 8.81. The Hall–Kier alpha value is -1.77. The van der Waals surface area contributed by atoms with Crippen LogP contribution in [-0.4, -0.2) is 12.5 Å². The molecule has 1 N–H and O–H groups in total. The van der Waals surface area contributed by atoms with Crippen molar-refractivity contribution in [2.24, 2.45) is 0 Å².